The van der Waals surface area contributed by atoms with Crippen molar-refractivity contribution in [2.24, 2.45) is 0 Å². The van der Waals surface area contributed by atoms with Crippen molar-refractivity contribution < 1.29 is 0 Å². The summed E-state index contributed by atoms with van der Waals surface area (Å²) in [6.07, 6.45) is 1.04. The van der Waals surface area contributed by atoms with Crippen LogP contribution in [-0.2, 0) is 12.4 Å². The summed E-state index contributed by atoms with van der Waals surface area (Å²) < 4.78 is 2.11. The number of hydrogen-bond donors (Lipinski definition) is 0. The molecule has 0 saturated carbocycles. The summed E-state index contributed by atoms with van der Waals surface area (Å²) in [5, 5.41) is 8.45. The van der Waals surface area contributed by atoms with E-state index in [1.807, 2.05) is 0 Å². The Hall–Kier alpha value is -1.35. The van der Waals surface area contributed by atoms with Crippen LogP contribution in [-0.4, -0.2) is 14.8 Å². The minimum absolute atomic E-state index is 0.400. The van der Waals surface area contributed by atoms with Crippen molar-refractivity contribution in [1.82, 2.24) is 14.8 Å². The first kappa shape index (κ1) is 14.1. The minimum atomic E-state index is 0.400. The van der Waals surface area contributed by atoms with Crippen LogP contribution >= 0.6 is 11.6 Å². The van der Waals surface area contributed by atoms with Gasteiger partial charge in [-0.2, -0.15) is 0 Å². The Kier molecular flexibility index (Phi) is 4.59. The molecule has 1 aromatic carbocycles. The predicted molar refractivity (Wildman–Crippen MR) is 79.4 cm³/mol. The normalized spacial score (nSPS) is 11.2. The standard InChI is InChI=1S/C15H20ClN3/c1-4-9-19-14(10-16)17-18-15(19)13-7-5-12(6-8-13)11(2)3/h5-8,11H,4,9-10H2,1-3H3. The fraction of sp³-hybridized carbons (Fsp3) is 0.467. The monoisotopic (exact) mass is 277 g/mol. The van der Waals surface area contributed by atoms with Crippen molar-refractivity contribution in [1.29, 1.82) is 0 Å². The molecule has 0 aliphatic heterocycles. The van der Waals surface area contributed by atoms with Gasteiger partial charge in [0.1, 0.15) is 5.82 Å². The van der Waals surface area contributed by atoms with Crippen molar-refractivity contribution in [2.75, 3.05) is 0 Å². The lowest BCUT2D eigenvalue weighted by Crippen LogP contribution is -2.04. The Labute approximate surface area is 119 Å². The van der Waals surface area contributed by atoms with Crippen molar-refractivity contribution >= 4 is 11.6 Å². The first-order chi connectivity index (χ1) is 9.17. The van der Waals surface area contributed by atoms with Gasteiger partial charge in [-0.05, 0) is 17.9 Å². The molecule has 0 saturated heterocycles. The zero-order valence-electron chi connectivity index (χ0n) is 11.7. The molecule has 3 nitrogen and oxygen atoms in total. The summed E-state index contributed by atoms with van der Waals surface area (Å²) in [4.78, 5) is 0. The van der Waals surface area contributed by atoms with Gasteiger partial charge >= 0.3 is 0 Å². The average molecular weight is 278 g/mol. The number of halogens is 1. The van der Waals surface area contributed by atoms with Crippen LogP contribution in [0.25, 0.3) is 11.4 Å². The molecule has 4 heteroatoms. The van der Waals surface area contributed by atoms with Crippen LogP contribution in [0.2, 0.25) is 0 Å². The molecule has 0 atom stereocenters. The van der Waals surface area contributed by atoms with Crippen molar-refractivity contribution in [3.05, 3.63) is 35.7 Å². The molecule has 0 bridgehead atoms. The molecule has 0 N–H and O–H groups in total. The van der Waals surface area contributed by atoms with Gasteiger partial charge in [-0.1, -0.05) is 45.0 Å². The van der Waals surface area contributed by atoms with E-state index in [0.29, 0.717) is 11.8 Å². The smallest absolute Gasteiger partial charge is 0.163 e. The lowest BCUT2D eigenvalue weighted by Gasteiger charge is -2.09. The molecule has 19 heavy (non-hydrogen) atoms. The van der Waals surface area contributed by atoms with Crippen LogP contribution in [0.4, 0.5) is 0 Å². The zero-order chi connectivity index (χ0) is 13.8. The summed E-state index contributed by atoms with van der Waals surface area (Å²) >= 11 is 5.91. The van der Waals surface area contributed by atoms with Crippen molar-refractivity contribution in [3.63, 3.8) is 0 Å². The van der Waals surface area contributed by atoms with Gasteiger partial charge in [-0.15, -0.1) is 21.8 Å². The van der Waals surface area contributed by atoms with Gasteiger partial charge in [-0.25, -0.2) is 0 Å². The maximum Gasteiger partial charge on any atom is 0.163 e. The molecular formula is C15H20ClN3. The molecular weight excluding hydrogens is 258 g/mol. The molecule has 0 radical (unpaired) electrons. The second-order valence-electron chi connectivity index (χ2n) is 5.00. The molecule has 0 amide bonds. The van der Waals surface area contributed by atoms with E-state index in [0.717, 1.165) is 30.2 Å². The molecule has 1 heterocycles. The van der Waals surface area contributed by atoms with E-state index in [-0.39, 0.29) is 0 Å². The van der Waals surface area contributed by atoms with E-state index < -0.39 is 0 Å². The molecule has 2 aromatic rings. The van der Waals surface area contributed by atoms with E-state index in [1.165, 1.54) is 5.56 Å². The lowest BCUT2D eigenvalue weighted by molar-refractivity contribution is 0.659. The number of nitrogens with zero attached hydrogens (tertiary/aromatic N) is 3. The molecule has 0 aliphatic carbocycles. The number of aromatic nitrogens is 3. The summed E-state index contributed by atoms with van der Waals surface area (Å²) in [5.74, 6) is 2.69. The first-order valence-corrected chi connectivity index (χ1v) is 7.29. The second kappa shape index (κ2) is 6.20. The van der Waals surface area contributed by atoms with Crippen LogP contribution in [0.3, 0.4) is 0 Å². The molecule has 1 aromatic heterocycles. The van der Waals surface area contributed by atoms with Crippen LogP contribution < -0.4 is 0 Å². The second-order valence-corrected chi connectivity index (χ2v) is 5.27. The van der Waals surface area contributed by atoms with Crippen molar-refractivity contribution in [3.8, 4) is 11.4 Å². The third kappa shape index (κ3) is 2.98. The Balaban J connectivity index is 2.38. The van der Waals surface area contributed by atoms with Crippen molar-refractivity contribution in [2.45, 2.75) is 45.5 Å². The van der Waals surface area contributed by atoms with E-state index in [4.69, 9.17) is 11.6 Å². The molecule has 102 valence electrons. The van der Waals surface area contributed by atoms with E-state index in [2.05, 4.69) is 59.8 Å². The van der Waals surface area contributed by atoms with Crippen LogP contribution in [0.5, 0.6) is 0 Å². The van der Waals surface area contributed by atoms with Gasteiger partial charge in [0.15, 0.2) is 5.82 Å². The third-order valence-corrected chi connectivity index (χ3v) is 3.47. The SMILES string of the molecule is CCCn1c(CCl)nnc1-c1ccc(C(C)C)cc1. The van der Waals surface area contributed by atoms with Crippen LogP contribution in [0.1, 0.15) is 44.5 Å². The van der Waals surface area contributed by atoms with E-state index in [1.54, 1.807) is 0 Å². The van der Waals surface area contributed by atoms with Crippen LogP contribution in [0, 0.1) is 0 Å². The van der Waals surface area contributed by atoms with E-state index >= 15 is 0 Å². The van der Waals surface area contributed by atoms with Gasteiger partial charge in [0.25, 0.3) is 0 Å². The number of benzene rings is 1. The maximum atomic E-state index is 5.91. The fourth-order valence-corrected chi connectivity index (χ4v) is 2.32. The summed E-state index contributed by atoms with van der Waals surface area (Å²) in [5.41, 5.74) is 2.43. The Morgan fingerprint density at radius 1 is 1.16 bits per heavy atom. The maximum absolute atomic E-state index is 5.91. The van der Waals surface area contributed by atoms with Crippen LogP contribution in [0.15, 0.2) is 24.3 Å². The molecule has 0 spiro atoms. The highest BCUT2D eigenvalue weighted by atomic mass is 35.5. The molecule has 0 fully saturated rings. The Bertz CT molecular complexity index is 529. The Morgan fingerprint density at radius 3 is 2.37 bits per heavy atom. The average Bonchev–Trinajstić information content (AvgIpc) is 2.82. The minimum Gasteiger partial charge on any atom is -0.310 e. The van der Waals surface area contributed by atoms with E-state index in [9.17, 15) is 0 Å². The highest BCUT2D eigenvalue weighted by molar-refractivity contribution is 6.16. The Morgan fingerprint density at radius 2 is 1.84 bits per heavy atom. The van der Waals surface area contributed by atoms with Gasteiger partial charge in [-0.3, -0.25) is 0 Å². The van der Waals surface area contributed by atoms with Gasteiger partial charge < -0.3 is 4.57 Å². The van der Waals surface area contributed by atoms with Gasteiger partial charge in [0.2, 0.25) is 0 Å². The third-order valence-electron chi connectivity index (χ3n) is 3.23. The fourth-order valence-electron chi connectivity index (χ4n) is 2.12. The zero-order valence-corrected chi connectivity index (χ0v) is 12.5. The largest absolute Gasteiger partial charge is 0.310 e. The lowest BCUT2D eigenvalue weighted by atomic mass is 10.0. The molecule has 0 unspecified atom stereocenters. The summed E-state index contributed by atoms with van der Waals surface area (Å²) in [7, 11) is 0. The topological polar surface area (TPSA) is 30.7 Å². The summed E-state index contributed by atoms with van der Waals surface area (Å²) in [6, 6.07) is 8.55. The summed E-state index contributed by atoms with van der Waals surface area (Å²) in [6.45, 7) is 7.43. The molecule has 0 aliphatic rings. The highest BCUT2D eigenvalue weighted by Crippen LogP contribution is 2.22. The predicted octanol–water partition coefficient (Wildman–Crippen LogP) is 4.22. The van der Waals surface area contributed by atoms with Gasteiger partial charge in [0.05, 0.1) is 5.88 Å². The number of hydrogen-bond acceptors (Lipinski definition) is 2. The van der Waals surface area contributed by atoms with Gasteiger partial charge in [0, 0.05) is 12.1 Å². The quantitative estimate of drug-likeness (QED) is 0.766. The number of rotatable bonds is 5. The number of alkyl halides is 1. The molecule has 2 rings (SSSR count). The highest BCUT2D eigenvalue weighted by Gasteiger charge is 2.12. The first-order valence-electron chi connectivity index (χ1n) is 6.75.